The molecule has 7 rings (SSSR count). The number of rotatable bonds is 5. The summed E-state index contributed by atoms with van der Waals surface area (Å²) < 4.78 is 15.8. The topological polar surface area (TPSA) is 88.5 Å². The van der Waals surface area contributed by atoms with Crippen molar-refractivity contribution in [3.05, 3.63) is 121 Å². The number of benzene rings is 4. The van der Waals surface area contributed by atoms with Crippen LogP contribution in [0, 0.1) is 5.82 Å². The molecule has 0 radical (unpaired) electrons. The summed E-state index contributed by atoms with van der Waals surface area (Å²) >= 11 is 0. The number of nitrogens with zero attached hydrogens (tertiary/aromatic N) is 4. The second-order valence-corrected chi connectivity index (χ2v) is 9.78. The number of imidazole rings is 1. The van der Waals surface area contributed by atoms with Crippen molar-refractivity contribution in [3.8, 4) is 33.8 Å². The number of aromatic amines is 1. The van der Waals surface area contributed by atoms with Crippen LogP contribution in [0.2, 0.25) is 0 Å². The molecule has 1 amide bonds. The van der Waals surface area contributed by atoms with Crippen LogP contribution in [0.25, 0.3) is 55.7 Å². The molecule has 2 N–H and O–H groups in total. The van der Waals surface area contributed by atoms with Crippen LogP contribution in [0.5, 0.6) is 0 Å². The Kier molecular flexibility index (Phi) is 5.86. The molecule has 0 saturated carbocycles. The van der Waals surface area contributed by atoms with E-state index in [4.69, 9.17) is 10.1 Å². The van der Waals surface area contributed by atoms with E-state index >= 15 is 0 Å². The maximum atomic E-state index is 14.0. The zero-order valence-electron chi connectivity index (χ0n) is 22.0. The van der Waals surface area contributed by atoms with Gasteiger partial charge in [-0.1, -0.05) is 48.5 Å². The van der Waals surface area contributed by atoms with Gasteiger partial charge in [-0.3, -0.25) is 14.5 Å². The fraction of sp³-hybridized carbons (Fsp3) is 0.0303. The van der Waals surface area contributed by atoms with Gasteiger partial charge < -0.3 is 10.3 Å². The lowest BCUT2D eigenvalue weighted by molar-refractivity contribution is 0.102. The van der Waals surface area contributed by atoms with Gasteiger partial charge >= 0.3 is 0 Å². The Morgan fingerprint density at radius 3 is 2.56 bits per heavy atom. The number of amides is 1. The monoisotopic (exact) mass is 538 g/mol. The zero-order valence-corrected chi connectivity index (χ0v) is 22.0. The first-order valence-electron chi connectivity index (χ1n) is 13.1. The van der Waals surface area contributed by atoms with Crippen LogP contribution in [0.1, 0.15) is 10.4 Å². The number of aryl methyl sites for hydroxylation is 1. The Labute approximate surface area is 234 Å². The lowest BCUT2D eigenvalue weighted by Crippen LogP contribution is -2.11. The Balaban J connectivity index is 1.28. The van der Waals surface area contributed by atoms with Gasteiger partial charge in [0, 0.05) is 35.3 Å². The number of carbonyl (C=O) groups excluding carboxylic acids is 1. The number of carbonyl (C=O) groups is 1. The zero-order chi connectivity index (χ0) is 27.9. The van der Waals surface area contributed by atoms with Crippen molar-refractivity contribution in [1.29, 1.82) is 0 Å². The molecule has 3 aromatic heterocycles. The number of aromatic nitrogens is 5. The molecule has 7 nitrogen and oxygen atoms in total. The average Bonchev–Trinajstić information content (AvgIpc) is 3.58. The van der Waals surface area contributed by atoms with Crippen LogP contribution in [0.3, 0.4) is 0 Å². The quantitative estimate of drug-likeness (QED) is 0.242. The number of para-hydroxylation sites is 1. The fourth-order valence-electron chi connectivity index (χ4n) is 5.11. The van der Waals surface area contributed by atoms with Crippen molar-refractivity contribution in [2.24, 2.45) is 7.05 Å². The summed E-state index contributed by atoms with van der Waals surface area (Å²) in [7, 11) is 1.90. The van der Waals surface area contributed by atoms with Gasteiger partial charge in [-0.25, -0.2) is 9.37 Å². The minimum atomic E-state index is -0.295. The molecule has 0 aliphatic rings. The molecule has 7 aromatic rings. The molecule has 3 heterocycles. The largest absolute Gasteiger partial charge is 0.337 e. The Morgan fingerprint density at radius 2 is 1.71 bits per heavy atom. The van der Waals surface area contributed by atoms with Gasteiger partial charge in [-0.15, -0.1) is 0 Å². The van der Waals surface area contributed by atoms with Crippen molar-refractivity contribution in [2.75, 3.05) is 5.32 Å². The van der Waals surface area contributed by atoms with Crippen molar-refractivity contribution in [1.82, 2.24) is 24.7 Å². The second kappa shape index (κ2) is 9.84. The van der Waals surface area contributed by atoms with E-state index in [0.29, 0.717) is 22.8 Å². The predicted molar refractivity (Wildman–Crippen MR) is 159 cm³/mol. The van der Waals surface area contributed by atoms with E-state index in [1.54, 1.807) is 30.6 Å². The van der Waals surface area contributed by atoms with E-state index in [2.05, 4.69) is 21.4 Å². The first kappa shape index (κ1) is 24.4. The molecule has 0 aliphatic carbocycles. The number of fused-ring (bicyclic) bond motifs is 2. The summed E-state index contributed by atoms with van der Waals surface area (Å²) in [5.41, 5.74) is 7.77. The molecule has 41 heavy (non-hydrogen) atoms. The molecule has 0 fully saturated rings. The number of halogens is 1. The van der Waals surface area contributed by atoms with Gasteiger partial charge in [0.05, 0.1) is 28.4 Å². The third-order valence-corrected chi connectivity index (χ3v) is 7.09. The van der Waals surface area contributed by atoms with E-state index in [-0.39, 0.29) is 11.7 Å². The van der Waals surface area contributed by atoms with E-state index in [1.165, 1.54) is 12.1 Å². The average molecular weight is 539 g/mol. The van der Waals surface area contributed by atoms with Gasteiger partial charge in [0.25, 0.3) is 5.91 Å². The van der Waals surface area contributed by atoms with E-state index in [0.717, 1.165) is 44.2 Å². The molecular formula is C33H23FN6O. The second-order valence-electron chi connectivity index (χ2n) is 9.78. The molecular weight excluding hydrogens is 515 g/mol. The van der Waals surface area contributed by atoms with Gasteiger partial charge in [-0.05, 0) is 59.7 Å². The third kappa shape index (κ3) is 4.51. The number of H-pyrrole nitrogens is 1. The summed E-state index contributed by atoms with van der Waals surface area (Å²) in [6.07, 6.45) is 3.39. The molecule has 4 aromatic carbocycles. The van der Waals surface area contributed by atoms with E-state index in [9.17, 15) is 9.18 Å². The lowest BCUT2D eigenvalue weighted by Gasteiger charge is -2.08. The van der Waals surface area contributed by atoms with Crippen molar-refractivity contribution in [3.63, 3.8) is 0 Å². The molecule has 0 bridgehead atoms. The smallest absolute Gasteiger partial charge is 0.255 e. The highest BCUT2D eigenvalue weighted by molar-refractivity contribution is 6.04. The van der Waals surface area contributed by atoms with Gasteiger partial charge in [-0.2, -0.15) is 5.10 Å². The van der Waals surface area contributed by atoms with E-state index < -0.39 is 0 Å². The number of hydrogen-bond acceptors (Lipinski definition) is 4. The van der Waals surface area contributed by atoms with Crippen LogP contribution < -0.4 is 5.32 Å². The van der Waals surface area contributed by atoms with Crippen molar-refractivity contribution < 1.29 is 9.18 Å². The summed E-state index contributed by atoms with van der Waals surface area (Å²) in [5, 5.41) is 8.63. The highest BCUT2D eigenvalue weighted by Crippen LogP contribution is 2.34. The highest BCUT2D eigenvalue weighted by atomic mass is 19.1. The van der Waals surface area contributed by atoms with Crippen LogP contribution in [-0.4, -0.2) is 30.6 Å². The minimum absolute atomic E-state index is 0.197. The molecule has 0 saturated heterocycles. The molecule has 0 atom stereocenters. The molecule has 8 heteroatoms. The normalized spacial score (nSPS) is 11.3. The lowest BCUT2D eigenvalue weighted by atomic mass is 10.0. The first-order valence-corrected chi connectivity index (χ1v) is 13.1. The van der Waals surface area contributed by atoms with Crippen LogP contribution in [0.4, 0.5) is 10.1 Å². The molecule has 198 valence electrons. The van der Waals surface area contributed by atoms with Crippen LogP contribution in [0.15, 0.2) is 109 Å². The Hall–Kier alpha value is -5.63. The fourth-order valence-corrected chi connectivity index (χ4v) is 5.11. The highest BCUT2D eigenvalue weighted by Gasteiger charge is 2.18. The van der Waals surface area contributed by atoms with Gasteiger partial charge in [0.1, 0.15) is 11.5 Å². The summed E-state index contributed by atoms with van der Waals surface area (Å²) in [4.78, 5) is 25.4. The number of anilines is 1. The van der Waals surface area contributed by atoms with Crippen molar-refractivity contribution in [2.45, 2.75) is 0 Å². The maximum Gasteiger partial charge on any atom is 0.255 e. The SMILES string of the molecule is Cn1nc(-c2nc3c(-c4cccc(F)c4)cccc3[nH]2)c2cc(-c3cncc(NC(=O)c4ccccc4)c3)ccc21. The third-order valence-electron chi connectivity index (χ3n) is 7.09. The molecule has 0 unspecified atom stereocenters. The standard InChI is InChI=1S/C33H23FN6O/c1-40-29-14-13-21(23-16-25(19-35-18-23)36-33(41)20-7-3-2-4-8-20)17-27(29)31(39-40)32-37-28-12-6-11-26(30(28)38-32)22-9-5-10-24(34)15-22/h2-19H,1H3,(H,36,41)(H,37,38). The Morgan fingerprint density at radius 1 is 0.854 bits per heavy atom. The van der Waals surface area contributed by atoms with Gasteiger partial charge in [0.2, 0.25) is 0 Å². The summed E-state index contributed by atoms with van der Waals surface area (Å²) in [5.74, 6) is 0.127. The first-order chi connectivity index (χ1) is 20.0. The number of nitrogens with one attached hydrogen (secondary N) is 2. The maximum absolute atomic E-state index is 14.0. The summed E-state index contributed by atoms with van der Waals surface area (Å²) in [6, 6.07) is 29.4. The number of pyridine rings is 1. The number of hydrogen-bond donors (Lipinski definition) is 2. The van der Waals surface area contributed by atoms with Gasteiger partial charge in [0.15, 0.2) is 5.82 Å². The van der Waals surface area contributed by atoms with Crippen molar-refractivity contribution >= 4 is 33.5 Å². The predicted octanol–water partition coefficient (Wildman–Crippen LogP) is 7.24. The van der Waals surface area contributed by atoms with Crippen LogP contribution in [-0.2, 0) is 7.05 Å². The van der Waals surface area contributed by atoms with E-state index in [1.807, 2.05) is 72.4 Å². The Bertz CT molecular complexity index is 2080. The van der Waals surface area contributed by atoms with Crippen LogP contribution >= 0.6 is 0 Å². The molecule has 0 spiro atoms. The summed E-state index contributed by atoms with van der Waals surface area (Å²) in [6.45, 7) is 0. The molecule has 0 aliphatic heterocycles. The minimum Gasteiger partial charge on any atom is -0.337 e.